The number of hydrogen-bond donors (Lipinski definition) is 1. The van der Waals surface area contributed by atoms with Crippen LogP contribution >= 0.6 is 0 Å². The van der Waals surface area contributed by atoms with Gasteiger partial charge in [-0.25, -0.2) is 8.93 Å². The molecule has 1 N–H and O–H groups in total. The Hall–Kier alpha value is -1.45. The van der Waals surface area contributed by atoms with E-state index in [1.807, 2.05) is 49.4 Å². The predicted molar refractivity (Wildman–Crippen MR) is 75.7 cm³/mol. The quantitative estimate of drug-likeness (QED) is 0.879. The molecule has 2 rings (SSSR count). The first-order valence-electron chi connectivity index (χ1n) is 6.01. The van der Waals surface area contributed by atoms with Gasteiger partial charge in [-0.15, -0.1) is 0 Å². The summed E-state index contributed by atoms with van der Waals surface area (Å²) in [7, 11) is -1.12. The van der Waals surface area contributed by atoms with Crippen LogP contribution in [0, 0.1) is 6.92 Å². The molecule has 0 unspecified atom stereocenters. The highest BCUT2D eigenvalue weighted by atomic mass is 32.2. The Labute approximate surface area is 111 Å². The lowest BCUT2D eigenvalue weighted by molar-refractivity contribution is 0.671. The van der Waals surface area contributed by atoms with E-state index in [0.29, 0.717) is 6.54 Å². The number of nitrogens with one attached hydrogen (secondary N) is 1. The molecule has 0 aliphatic rings. The maximum absolute atomic E-state index is 11.9. The van der Waals surface area contributed by atoms with Crippen molar-refractivity contribution >= 4 is 11.0 Å². The number of aryl methyl sites for hydroxylation is 1. The van der Waals surface area contributed by atoms with Crippen molar-refractivity contribution in [3.63, 3.8) is 0 Å². The van der Waals surface area contributed by atoms with Crippen molar-refractivity contribution in [1.82, 2.24) is 4.72 Å². The van der Waals surface area contributed by atoms with Gasteiger partial charge >= 0.3 is 0 Å². The van der Waals surface area contributed by atoms with Gasteiger partial charge in [-0.3, -0.25) is 0 Å². The van der Waals surface area contributed by atoms with E-state index in [9.17, 15) is 4.21 Å². The van der Waals surface area contributed by atoms with Crippen molar-refractivity contribution in [3.8, 4) is 0 Å². The molecule has 0 heterocycles. The Kier molecular flexibility index (Phi) is 4.67. The van der Waals surface area contributed by atoms with Gasteiger partial charge in [-0.2, -0.15) is 0 Å². The summed E-state index contributed by atoms with van der Waals surface area (Å²) in [5, 5.41) is 0. The molecular formula is C15H17NOS. The smallest absolute Gasteiger partial charge is 0.124 e. The SMILES string of the molecule is Cc1ccc([S@](=O)NCCc2ccccc2)cc1. The lowest BCUT2D eigenvalue weighted by atomic mass is 10.2. The summed E-state index contributed by atoms with van der Waals surface area (Å²) in [4.78, 5) is 0.827. The fourth-order valence-electron chi connectivity index (χ4n) is 1.68. The molecule has 18 heavy (non-hydrogen) atoms. The monoisotopic (exact) mass is 259 g/mol. The van der Waals surface area contributed by atoms with Crippen LogP contribution in [0.4, 0.5) is 0 Å². The molecular weight excluding hydrogens is 242 g/mol. The van der Waals surface area contributed by atoms with Gasteiger partial charge in [0.05, 0.1) is 4.90 Å². The van der Waals surface area contributed by atoms with Crippen molar-refractivity contribution < 1.29 is 4.21 Å². The standard InChI is InChI=1S/C15H17NOS/c1-13-7-9-15(10-8-13)18(17)16-12-11-14-5-3-2-4-6-14/h2-10,16H,11-12H2,1H3/t18-/m0/s1. The van der Waals surface area contributed by atoms with E-state index in [1.165, 1.54) is 11.1 Å². The molecule has 0 bridgehead atoms. The highest BCUT2D eigenvalue weighted by molar-refractivity contribution is 7.83. The maximum atomic E-state index is 11.9. The first-order chi connectivity index (χ1) is 8.75. The second kappa shape index (κ2) is 6.47. The Morgan fingerprint density at radius 1 is 1.00 bits per heavy atom. The van der Waals surface area contributed by atoms with Gasteiger partial charge in [0.1, 0.15) is 11.0 Å². The largest absolute Gasteiger partial charge is 0.238 e. The molecule has 0 aromatic heterocycles. The van der Waals surface area contributed by atoms with Crippen LogP contribution in [0.25, 0.3) is 0 Å². The van der Waals surface area contributed by atoms with Crippen molar-refractivity contribution in [3.05, 3.63) is 65.7 Å². The van der Waals surface area contributed by atoms with E-state index in [-0.39, 0.29) is 0 Å². The summed E-state index contributed by atoms with van der Waals surface area (Å²) in [5.41, 5.74) is 2.44. The molecule has 1 atom stereocenters. The van der Waals surface area contributed by atoms with E-state index in [2.05, 4.69) is 16.9 Å². The third-order valence-electron chi connectivity index (χ3n) is 2.72. The molecule has 0 radical (unpaired) electrons. The Morgan fingerprint density at radius 2 is 1.67 bits per heavy atom. The number of hydrogen-bond acceptors (Lipinski definition) is 1. The Bertz CT molecular complexity index is 508. The fourth-order valence-corrected chi connectivity index (χ4v) is 2.52. The second-order valence-corrected chi connectivity index (χ2v) is 5.51. The number of benzene rings is 2. The molecule has 0 saturated carbocycles. The summed E-state index contributed by atoms with van der Waals surface area (Å²) in [6, 6.07) is 18.0. The van der Waals surface area contributed by atoms with Crippen LogP contribution in [0.15, 0.2) is 59.5 Å². The average Bonchev–Trinajstić information content (AvgIpc) is 2.40. The summed E-state index contributed by atoms with van der Waals surface area (Å²) < 4.78 is 15.0. The first kappa shape index (κ1) is 13.0. The minimum Gasteiger partial charge on any atom is -0.238 e. The van der Waals surface area contributed by atoms with Crippen LogP contribution < -0.4 is 4.72 Å². The molecule has 0 fully saturated rings. The zero-order valence-corrected chi connectivity index (χ0v) is 11.2. The zero-order chi connectivity index (χ0) is 12.8. The summed E-state index contributed by atoms with van der Waals surface area (Å²) in [6.07, 6.45) is 0.887. The molecule has 0 spiro atoms. The molecule has 2 nitrogen and oxygen atoms in total. The predicted octanol–water partition coefficient (Wildman–Crippen LogP) is 2.85. The van der Waals surface area contributed by atoms with Gasteiger partial charge in [-0.05, 0) is 31.0 Å². The molecule has 2 aromatic carbocycles. The molecule has 94 valence electrons. The third-order valence-corrected chi connectivity index (χ3v) is 3.89. The van der Waals surface area contributed by atoms with Crippen LogP contribution in [0.5, 0.6) is 0 Å². The minimum atomic E-state index is -1.12. The molecule has 0 saturated heterocycles. The van der Waals surface area contributed by atoms with Crippen molar-refractivity contribution in [1.29, 1.82) is 0 Å². The summed E-state index contributed by atoms with van der Waals surface area (Å²) in [6.45, 7) is 2.74. The van der Waals surface area contributed by atoms with Gasteiger partial charge in [0.2, 0.25) is 0 Å². The van der Waals surface area contributed by atoms with Crippen molar-refractivity contribution in [2.75, 3.05) is 6.54 Å². The molecule has 0 amide bonds. The third kappa shape index (κ3) is 3.79. The van der Waals surface area contributed by atoms with E-state index in [4.69, 9.17) is 0 Å². The maximum Gasteiger partial charge on any atom is 0.124 e. The van der Waals surface area contributed by atoms with Crippen LogP contribution in [0.3, 0.4) is 0 Å². The van der Waals surface area contributed by atoms with Crippen molar-refractivity contribution in [2.24, 2.45) is 0 Å². The van der Waals surface area contributed by atoms with Gasteiger partial charge in [-0.1, -0.05) is 48.0 Å². The number of rotatable bonds is 5. The van der Waals surface area contributed by atoms with Gasteiger partial charge in [0.25, 0.3) is 0 Å². The van der Waals surface area contributed by atoms with Crippen LogP contribution in [0.2, 0.25) is 0 Å². The van der Waals surface area contributed by atoms with E-state index >= 15 is 0 Å². The van der Waals surface area contributed by atoms with E-state index in [0.717, 1.165) is 11.3 Å². The summed E-state index contributed by atoms with van der Waals surface area (Å²) >= 11 is 0. The normalized spacial score (nSPS) is 12.3. The average molecular weight is 259 g/mol. The lowest BCUT2D eigenvalue weighted by Gasteiger charge is -2.05. The van der Waals surface area contributed by atoms with Crippen LogP contribution in [-0.2, 0) is 17.4 Å². The fraction of sp³-hybridized carbons (Fsp3) is 0.200. The van der Waals surface area contributed by atoms with E-state index < -0.39 is 11.0 Å². The Morgan fingerprint density at radius 3 is 2.33 bits per heavy atom. The van der Waals surface area contributed by atoms with Gasteiger partial charge < -0.3 is 0 Å². The molecule has 2 aromatic rings. The summed E-state index contributed by atoms with van der Waals surface area (Å²) in [5.74, 6) is 0. The Balaban J connectivity index is 1.84. The molecule has 0 aliphatic heterocycles. The van der Waals surface area contributed by atoms with Crippen molar-refractivity contribution in [2.45, 2.75) is 18.2 Å². The van der Waals surface area contributed by atoms with E-state index in [1.54, 1.807) is 0 Å². The molecule has 3 heteroatoms. The topological polar surface area (TPSA) is 29.1 Å². The minimum absolute atomic E-state index is 0.713. The highest BCUT2D eigenvalue weighted by Crippen LogP contribution is 2.06. The lowest BCUT2D eigenvalue weighted by Crippen LogP contribution is -2.20. The highest BCUT2D eigenvalue weighted by Gasteiger charge is 2.02. The first-order valence-corrected chi connectivity index (χ1v) is 7.16. The van der Waals surface area contributed by atoms with Gasteiger partial charge in [0.15, 0.2) is 0 Å². The zero-order valence-electron chi connectivity index (χ0n) is 10.4. The van der Waals surface area contributed by atoms with Gasteiger partial charge in [0, 0.05) is 6.54 Å². The molecule has 0 aliphatic carbocycles. The second-order valence-electron chi connectivity index (χ2n) is 4.21. The van der Waals surface area contributed by atoms with Crippen LogP contribution in [0.1, 0.15) is 11.1 Å². The van der Waals surface area contributed by atoms with Crippen LogP contribution in [-0.4, -0.2) is 10.8 Å².